The van der Waals surface area contributed by atoms with Crippen LogP contribution in [0.25, 0.3) is 0 Å². The Hall–Kier alpha value is -0.450. The van der Waals surface area contributed by atoms with Gasteiger partial charge in [0.15, 0.2) is 0 Å². The summed E-state index contributed by atoms with van der Waals surface area (Å²) in [6.45, 7) is 8.86. The molecule has 1 saturated carbocycles. The normalized spacial score (nSPS) is 17.7. The van der Waals surface area contributed by atoms with Crippen molar-refractivity contribution in [3.63, 3.8) is 0 Å². The molecule has 0 aromatic carbocycles. The Balaban J connectivity index is 1.89. The maximum absolute atomic E-state index is 4.33. The summed E-state index contributed by atoms with van der Waals surface area (Å²) in [6.07, 6.45) is 2.73. The highest BCUT2D eigenvalue weighted by molar-refractivity contribution is 7.09. The molecule has 18 heavy (non-hydrogen) atoms. The van der Waals surface area contributed by atoms with E-state index in [0.29, 0.717) is 12.0 Å². The second-order valence-electron chi connectivity index (χ2n) is 5.77. The Kier molecular flexibility index (Phi) is 4.76. The SMILES string of the molecule is Cc1ncsc1CN(C)C(CNC1CC1)C(C)C. The van der Waals surface area contributed by atoms with Gasteiger partial charge in [0.05, 0.1) is 11.2 Å². The van der Waals surface area contributed by atoms with Crippen LogP contribution in [0.5, 0.6) is 0 Å². The molecule has 1 unspecified atom stereocenters. The number of nitrogens with one attached hydrogen (secondary N) is 1. The summed E-state index contributed by atoms with van der Waals surface area (Å²) in [4.78, 5) is 8.20. The zero-order chi connectivity index (χ0) is 13.1. The molecule has 1 fully saturated rings. The number of aromatic nitrogens is 1. The zero-order valence-electron chi connectivity index (χ0n) is 11.9. The van der Waals surface area contributed by atoms with E-state index in [1.54, 1.807) is 11.3 Å². The van der Waals surface area contributed by atoms with Gasteiger partial charge in [-0.05, 0) is 32.7 Å². The van der Waals surface area contributed by atoms with Gasteiger partial charge >= 0.3 is 0 Å². The highest BCUT2D eigenvalue weighted by Crippen LogP contribution is 2.21. The van der Waals surface area contributed by atoms with Gasteiger partial charge in [-0.1, -0.05) is 13.8 Å². The number of thiazole rings is 1. The van der Waals surface area contributed by atoms with Crippen molar-refractivity contribution in [1.82, 2.24) is 15.2 Å². The molecule has 2 rings (SSSR count). The minimum atomic E-state index is 0.604. The summed E-state index contributed by atoms with van der Waals surface area (Å²) in [7, 11) is 2.23. The van der Waals surface area contributed by atoms with Gasteiger partial charge in [0, 0.05) is 30.1 Å². The lowest BCUT2D eigenvalue weighted by molar-refractivity contribution is 0.180. The molecule has 0 spiro atoms. The van der Waals surface area contributed by atoms with Crippen molar-refractivity contribution in [2.45, 2.75) is 52.2 Å². The van der Waals surface area contributed by atoms with Gasteiger partial charge in [-0.2, -0.15) is 0 Å². The van der Waals surface area contributed by atoms with Crippen molar-refractivity contribution in [2.24, 2.45) is 5.92 Å². The number of likely N-dealkylation sites (N-methyl/N-ethyl adjacent to an activating group) is 1. The van der Waals surface area contributed by atoms with E-state index in [2.05, 4.69) is 43.0 Å². The molecule has 0 radical (unpaired) electrons. The van der Waals surface area contributed by atoms with Gasteiger partial charge < -0.3 is 5.32 Å². The molecule has 3 nitrogen and oxygen atoms in total. The molecule has 1 atom stereocenters. The summed E-state index contributed by atoms with van der Waals surface area (Å²) in [6, 6.07) is 1.40. The lowest BCUT2D eigenvalue weighted by Gasteiger charge is -2.31. The highest BCUT2D eigenvalue weighted by Gasteiger charge is 2.25. The van der Waals surface area contributed by atoms with E-state index in [4.69, 9.17) is 0 Å². The fourth-order valence-corrected chi connectivity index (χ4v) is 3.14. The van der Waals surface area contributed by atoms with Gasteiger partial charge in [0.1, 0.15) is 0 Å². The Labute approximate surface area is 115 Å². The van der Waals surface area contributed by atoms with Crippen LogP contribution in [0.2, 0.25) is 0 Å². The molecule has 0 aliphatic heterocycles. The summed E-state index contributed by atoms with van der Waals surface area (Å²) < 4.78 is 0. The molecule has 4 heteroatoms. The van der Waals surface area contributed by atoms with Gasteiger partial charge in [-0.15, -0.1) is 11.3 Å². The van der Waals surface area contributed by atoms with Gasteiger partial charge in [0.2, 0.25) is 0 Å². The van der Waals surface area contributed by atoms with Crippen molar-refractivity contribution in [2.75, 3.05) is 13.6 Å². The first-order valence-corrected chi connectivity index (χ1v) is 7.78. The quantitative estimate of drug-likeness (QED) is 0.823. The molecular weight excluding hydrogens is 242 g/mol. The van der Waals surface area contributed by atoms with E-state index < -0.39 is 0 Å². The second-order valence-corrected chi connectivity index (χ2v) is 6.71. The van der Waals surface area contributed by atoms with Crippen LogP contribution < -0.4 is 5.32 Å². The molecule has 1 heterocycles. The Morgan fingerprint density at radius 3 is 2.72 bits per heavy atom. The van der Waals surface area contributed by atoms with Crippen LogP contribution in [0.15, 0.2) is 5.51 Å². The van der Waals surface area contributed by atoms with Crippen LogP contribution >= 0.6 is 11.3 Å². The van der Waals surface area contributed by atoms with E-state index in [-0.39, 0.29) is 0 Å². The fourth-order valence-electron chi connectivity index (χ4n) is 2.30. The molecule has 0 amide bonds. The van der Waals surface area contributed by atoms with Crippen LogP contribution in [0, 0.1) is 12.8 Å². The molecule has 102 valence electrons. The third-order valence-corrected chi connectivity index (χ3v) is 4.69. The number of hydrogen-bond acceptors (Lipinski definition) is 4. The maximum Gasteiger partial charge on any atom is 0.0798 e. The molecule has 1 aliphatic rings. The summed E-state index contributed by atoms with van der Waals surface area (Å²) in [5.74, 6) is 0.675. The smallest absolute Gasteiger partial charge is 0.0798 e. The van der Waals surface area contributed by atoms with E-state index in [0.717, 1.165) is 19.1 Å². The first kappa shape index (κ1) is 14.0. The van der Waals surface area contributed by atoms with E-state index >= 15 is 0 Å². The van der Waals surface area contributed by atoms with Crippen LogP contribution in [0.4, 0.5) is 0 Å². The second kappa shape index (κ2) is 6.13. The van der Waals surface area contributed by atoms with E-state index in [1.165, 1.54) is 23.4 Å². The molecule has 0 saturated heterocycles. The van der Waals surface area contributed by atoms with Gasteiger partial charge in [-0.25, -0.2) is 4.98 Å². The predicted molar refractivity (Wildman–Crippen MR) is 78.0 cm³/mol. The number of rotatable bonds is 7. The highest BCUT2D eigenvalue weighted by atomic mass is 32.1. The van der Waals surface area contributed by atoms with Crippen molar-refractivity contribution in [3.05, 3.63) is 16.1 Å². The summed E-state index contributed by atoms with van der Waals surface area (Å²) >= 11 is 1.77. The lowest BCUT2D eigenvalue weighted by atomic mass is 10.0. The van der Waals surface area contributed by atoms with Gasteiger partial charge in [-0.3, -0.25) is 4.90 Å². The third kappa shape index (κ3) is 3.77. The lowest BCUT2D eigenvalue weighted by Crippen LogP contribution is -2.43. The molecule has 0 bridgehead atoms. The van der Waals surface area contributed by atoms with Crippen LogP contribution in [0.3, 0.4) is 0 Å². The average Bonchev–Trinajstić information content (AvgIpc) is 3.04. The predicted octanol–water partition coefficient (Wildman–Crippen LogP) is 2.66. The Morgan fingerprint density at radius 1 is 1.50 bits per heavy atom. The third-order valence-electron chi connectivity index (χ3n) is 3.77. The van der Waals surface area contributed by atoms with Crippen molar-refractivity contribution in [1.29, 1.82) is 0 Å². The Morgan fingerprint density at radius 2 is 2.22 bits per heavy atom. The van der Waals surface area contributed by atoms with Crippen molar-refractivity contribution in [3.8, 4) is 0 Å². The zero-order valence-corrected chi connectivity index (χ0v) is 12.8. The maximum atomic E-state index is 4.33. The first-order chi connectivity index (χ1) is 8.58. The van der Waals surface area contributed by atoms with Crippen LogP contribution in [-0.4, -0.2) is 35.6 Å². The monoisotopic (exact) mass is 267 g/mol. The minimum absolute atomic E-state index is 0.604. The number of aryl methyl sites for hydroxylation is 1. The molecular formula is C14H25N3S. The molecule has 1 N–H and O–H groups in total. The van der Waals surface area contributed by atoms with Crippen LogP contribution in [-0.2, 0) is 6.54 Å². The van der Waals surface area contributed by atoms with Gasteiger partial charge in [0.25, 0.3) is 0 Å². The Bertz CT molecular complexity index is 371. The standard InChI is InChI=1S/C14H25N3S/c1-10(2)13(7-15-12-5-6-12)17(4)8-14-11(3)16-9-18-14/h9-10,12-13,15H,5-8H2,1-4H3. The minimum Gasteiger partial charge on any atom is -0.312 e. The average molecular weight is 267 g/mol. The summed E-state index contributed by atoms with van der Waals surface area (Å²) in [5, 5.41) is 3.66. The van der Waals surface area contributed by atoms with E-state index in [1.807, 2.05) is 5.51 Å². The largest absolute Gasteiger partial charge is 0.312 e. The van der Waals surface area contributed by atoms with E-state index in [9.17, 15) is 0 Å². The first-order valence-electron chi connectivity index (χ1n) is 6.90. The molecule has 1 aromatic heterocycles. The van der Waals surface area contributed by atoms with Crippen molar-refractivity contribution >= 4 is 11.3 Å². The number of hydrogen-bond donors (Lipinski definition) is 1. The van der Waals surface area contributed by atoms with Crippen LogP contribution in [0.1, 0.15) is 37.3 Å². The molecule has 1 aromatic rings. The molecule has 1 aliphatic carbocycles. The fraction of sp³-hybridized carbons (Fsp3) is 0.786. The van der Waals surface area contributed by atoms with Crippen molar-refractivity contribution < 1.29 is 0 Å². The number of nitrogens with zero attached hydrogens (tertiary/aromatic N) is 2. The summed E-state index contributed by atoms with van der Waals surface area (Å²) in [5.41, 5.74) is 3.13. The topological polar surface area (TPSA) is 28.2 Å².